The van der Waals surface area contributed by atoms with Crippen LogP contribution in [-0.2, 0) is 9.53 Å². The molecule has 0 radical (unpaired) electrons. The summed E-state index contributed by atoms with van der Waals surface area (Å²) < 4.78 is 9.88. The summed E-state index contributed by atoms with van der Waals surface area (Å²) in [7, 11) is 1.54. The van der Waals surface area contributed by atoms with Crippen LogP contribution in [0.25, 0.3) is 0 Å². The lowest BCUT2D eigenvalue weighted by Gasteiger charge is -2.38. The molecule has 2 heterocycles. The van der Waals surface area contributed by atoms with E-state index < -0.39 is 6.09 Å². The van der Waals surface area contributed by atoms with Crippen LogP contribution in [0.1, 0.15) is 24.4 Å². The number of pyridine rings is 1. The summed E-state index contributed by atoms with van der Waals surface area (Å²) >= 11 is 0. The van der Waals surface area contributed by atoms with Gasteiger partial charge in [-0.2, -0.15) is 0 Å². The molecule has 1 aromatic rings. The molecule has 0 spiro atoms. The number of aromatic nitrogens is 1. The number of nitrogens with one attached hydrogen (secondary N) is 1. The van der Waals surface area contributed by atoms with E-state index in [0.29, 0.717) is 31.9 Å². The Labute approximate surface area is 139 Å². The van der Waals surface area contributed by atoms with Gasteiger partial charge in [0.15, 0.2) is 0 Å². The van der Waals surface area contributed by atoms with Crippen molar-refractivity contribution in [1.82, 2.24) is 15.2 Å². The van der Waals surface area contributed by atoms with E-state index in [1.807, 2.05) is 6.07 Å². The molecule has 1 atom stereocenters. The summed E-state index contributed by atoms with van der Waals surface area (Å²) in [5.74, 6) is 0.387. The van der Waals surface area contributed by atoms with Crippen molar-refractivity contribution in [2.75, 3.05) is 26.8 Å². The quantitative estimate of drug-likeness (QED) is 0.784. The molecular formula is C16H21N3O5. The molecule has 2 amide bonds. The molecule has 0 unspecified atom stereocenters. The summed E-state index contributed by atoms with van der Waals surface area (Å²) in [6, 6.07) is 3.34. The molecule has 2 N–H and O–H groups in total. The summed E-state index contributed by atoms with van der Waals surface area (Å²) in [5, 5.41) is 12.5. The Balaban J connectivity index is 1.67. The minimum absolute atomic E-state index is 0.0335. The first kappa shape index (κ1) is 16.5. The van der Waals surface area contributed by atoms with Crippen molar-refractivity contribution in [3.8, 4) is 5.88 Å². The van der Waals surface area contributed by atoms with Gasteiger partial charge in [0.1, 0.15) is 13.2 Å². The van der Waals surface area contributed by atoms with Crippen molar-refractivity contribution in [3.63, 3.8) is 0 Å². The number of methoxy groups -OCH3 is 1. The molecule has 2 fully saturated rings. The highest BCUT2D eigenvalue weighted by molar-refractivity contribution is 5.83. The van der Waals surface area contributed by atoms with Crippen LogP contribution in [0.2, 0.25) is 0 Å². The number of cyclic esters (lactones) is 1. The number of amides is 2. The molecular weight excluding hydrogens is 314 g/mol. The van der Waals surface area contributed by atoms with Crippen molar-refractivity contribution in [2.24, 2.45) is 5.92 Å². The number of carbonyl (C=O) groups excluding carboxylic acids is 2. The Bertz CT molecular complexity index is 600. The van der Waals surface area contributed by atoms with E-state index in [2.05, 4.69) is 10.3 Å². The van der Waals surface area contributed by atoms with Crippen LogP contribution in [0.5, 0.6) is 5.88 Å². The Morgan fingerprint density at radius 2 is 2.33 bits per heavy atom. The Morgan fingerprint density at radius 3 is 2.88 bits per heavy atom. The fourth-order valence-corrected chi connectivity index (χ4v) is 3.03. The van der Waals surface area contributed by atoms with Crippen LogP contribution in [0, 0.1) is 5.92 Å². The standard InChI is InChI=1S/C16H21N3O5/c1-23-14-3-2-10(8-17-14)15(11-6-12(20)7-11)18-13(21)9-19-4-5-24-16(19)22/h2-3,8,11-12,15,20H,4-7,9H2,1H3,(H,18,21)/t11?,12?,15-/m0/s1. The van der Waals surface area contributed by atoms with Crippen LogP contribution in [0.4, 0.5) is 4.79 Å². The second-order valence-electron chi connectivity index (χ2n) is 6.10. The molecule has 130 valence electrons. The lowest BCUT2D eigenvalue weighted by Crippen LogP contribution is -2.45. The molecule has 8 heteroatoms. The van der Waals surface area contributed by atoms with Gasteiger partial charge in [-0.3, -0.25) is 9.69 Å². The van der Waals surface area contributed by atoms with Gasteiger partial charge in [-0.1, -0.05) is 6.07 Å². The summed E-state index contributed by atoms with van der Waals surface area (Å²) in [6.07, 6.45) is 2.13. The maximum atomic E-state index is 12.3. The zero-order chi connectivity index (χ0) is 17.1. The maximum Gasteiger partial charge on any atom is 0.410 e. The minimum atomic E-state index is -0.466. The molecule has 1 aromatic heterocycles. The van der Waals surface area contributed by atoms with Gasteiger partial charge in [0.05, 0.1) is 25.8 Å². The monoisotopic (exact) mass is 335 g/mol. The van der Waals surface area contributed by atoms with E-state index in [9.17, 15) is 14.7 Å². The van der Waals surface area contributed by atoms with Crippen LogP contribution >= 0.6 is 0 Å². The number of nitrogens with zero attached hydrogens (tertiary/aromatic N) is 2. The molecule has 8 nitrogen and oxygen atoms in total. The van der Waals surface area contributed by atoms with Crippen LogP contribution < -0.4 is 10.1 Å². The first-order valence-corrected chi connectivity index (χ1v) is 7.96. The number of carbonyl (C=O) groups is 2. The Kier molecular flexibility index (Phi) is 4.84. The molecule has 2 aliphatic rings. The normalized spacial score (nSPS) is 24.1. The number of aliphatic hydroxyl groups excluding tert-OH is 1. The number of hydrogen-bond acceptors (Lipinski definition) is 6. The second kappa shape index (κ2) is 7.04. The van der Waals surface area contributed by atoms with E-state index in [4.69, 9.17) is 9.47 Å². The topological polar surface area (TPSA) is 101 Å². The van der Waals surface area contributed by atoms with E-state index in [1.54, 1.807) is 19.4 Å². The zero-order valence-electron chi connectivity index (χ0n) is 13.5. The van der Waals surface area contributed by atoms with Gasteiger partial charge in [-0.15, -0.1) is 0 Å². The minimum Gasteiger partial charge on any atom is -0.481 e. The molecule has 1 aliphatic heterocycles. The lowest BCUT2D eigenvalue weighted by atomic mass is 9.75. The van der Waals surface area contributed by atoms with Crippen LogP contribution in [0.3, 0.4) is 0 Å². The van der Waals surface area contributed by atoms with E-state index in [-0.39, 0.29) is 30.5 Å². The first-order chi connectivity index (χ1) is 11.6. The van der Waals surface area contributed by atoms with Gasteiger partial charge < -0.3 is 19.9 Å². The first-order valence-electron chi connectivity index (χ1n) is 7.96. The smallest absolute Gasteiger partial charge is 0.410 e. The van der Waals surface area contributed by atoms with Crippen LogP contribution in [0.15, 0.2) is 18.3 Å². The molecule has 0 aromatic carbocycles. The van der Waals surface area contributed by atoms with Gasteiger partial charge in [0.2, 0.25) is 11.8 Å². The number of rotatable bonds is 6. The third kappa shape index (κ3) is 3.59. The van der Waals surface area contributed by atoms with Gasteiger partial charge >= 0.3 is 6.09 Å². The fourth-order valence-electron chi connectivity index (χ4n) is 3.03. The largest absolute Gasteiger partial charge is 0.481 e. The molecule has 1 aliphatic carbocycles. The molecule has 0 bridgehead atoms. The SMILES string of the molecule is COc1ccc([C@H](NC(=O)CN2CCOC2=O)C2CC(O)C2)cn1. The van der Waals surface area contributed by atoms with Crippen molar-refractivity contribution in [3.05, 3.63) is 23.9 Å². The molecule has 3 rings (SSSR count). The van der Waals surface area contributed by atoms with Gasteiger partial charge in [-0.25, -0.2) is 9.78 Å². The number of ether oxygens (including phenoxy) is 2. The average molecular weight is 335 g/mol. The number of aliphatic hydroxyl groups is 1. The summed E-state index contributed by atoms with van der Waals surface area (Å²) in [6.45, 7) is 0.699. The third-order valence-corrected chi connectivity index (χ3v) is 4.44. The highest BCUT2D eigenvalue weighted by Gasteiger charge is 2.36. The fraction of sp³-hybridized carbons (Fsp3) is 0.562. The predicted molar refractivity (Wildman–Crippen MR) is 83.3 cm³/mol. The number of hydrogen-bond donors (Lipinski definition) is 2. The van der Waals surface area contributed by atoms with Gasteiger partial charge in [0.25, 0.3) is 0 Å². The predicted octanol–water partition coefficient (Wildman–Crippen LogP) is 0.471. The zero-order valence-corrected chi connectivity index (χ0v) is 13.5. The van der Waals surface area contributed by atoms with Gasteiger partial charge in [0, 0.05) is 12.3 Å². The van der Waals surface area contributed by atoms with Gasteiger partial charge in [-0.05, 0) is 24.3 Å². The van der Waals surface area contributed by atoms with Crippen molar-refractivity contribution >= 4 is 12.0 Å². The van der Waals surface area contributed by atoms with E-state index in [0.717, 1.165) is 5.56 Å². The van der Waals surface area contributed by atoms with Crippen molar-refractivity contribution < 1.29 is 24.2 Å². The van der Waals surface area contributed by atoms with Crippen molar-refractivity contribution in [2.45, 2.75) is 25.0 Å². The Hall–Kier alpha value is -2.35. The maximum absolute atomic E-state index is 12.3. The summed E-state index contributed by atoms with van der Waals surface area (Å²) in [5.41, 5.74) is 0.852. The summed E-state index contributed by atoms with van der Waals surface area (Å²) in [4.78, 5) is 29.3. The van der Waals surface area contributed by atoms with E-state index in [1.165, 1.54) is 4.90 Å². The lowest BCUT2D eigenvalue weighted by molar-refractivity contribution is -0.123. The third-order valence-electron chi connectivity index (χ3n) is 4.44. The van der Waals surface area contributed by atoms with E-state index >= 15 is 0 Å². The molecule has 1 saturated heterocycles. The molecule has 1 saturated carbocycles. The average Bonchev–Trinajstić information content (AvgIpc) is 2.95. The highest BCUT2D eigenvalue weighted by atomic mass is 16.6. The second-order valence-corrected chi connectivity index (χ2v) is 6.10. The highest BCUT2D eigenvalue weighted by Crippen LogP contribution is 2.38. The molecule has 24 heavy (non-hydrogen) atoms. The van der Waals surface area contributed by atoms with Crippen molar-refractivity contribution in [1.29, 1.82) is 0 Å². The Morgan fingerprint density at radius 1 is 1.54 bits per heavy atom. The van der Waals surface area contributed by atoms with Crippen LogP contribution in [-0.4, -0.2) is 59.9 Å².